The number of amides is 1. The molecule has 124 valence electrons. The quantitative estimate of drug-likeness (QED) is 0.505. The Kier molecular flexibility index (Phi) is 4.18. The number of rotatable bonds is 4. The van der Waals surface area contributed by atoms with Gasteiger partial charge in [0, 0.05) is 23.3 Å². The number of nitrogens with one attached hydrogen (secondary N) is 2. The summed E-state index contributed by atoms with van der Waals surface area (Å²) in [5.74, 6) is -0.0636. The molecule has 1 unspecified atom stereocenters. The highest BCUT2D eigenvalue weighted by atomic mass is 16.5. The summed E-state index contributed by atoms with van der Waals surface area (Å²) in [4.78, 5) is 15.8. The molecule has 0 spiro atoms. The van der Waals surface area contributed by atoms with Crippen LogP contribution in [0.2, 0.25) is 0 Å². The van der Waals surface area contributed by atoms with E-state index in [1.165, 1.54) is 0 Å². The van der Waals surface area contributed by atoms with Crippen molar-refractivity contribution in [1.29, 1.82) is 0 Å². The number of benzene rings is 1. The van der Waals surface area contributed by atoms with Crippen LogP contribution in [0, 0.1) is 13.8 Å². The number of carbonyl (C=O) groups excluding carboxylic acids is 1. The van der Waals surface area contributed by atoms with Crippen LogP contribution < -0.4 is 10.2 Å². The van der Waals surface area contributed by atoms with Gasteiger partial charge in [0.25, 0.3) is 5.91 Å². The van der Waals surface area contributed by atoms with Crippen LogP contribution in [-0.4, -0.2) is 26.3 Å². The number of aromatic amines is 1. The van der Waals surface area contributed by atoms with Gasteiger partial charge in [0.05, 0.1) is 5.52 Å². The van der Waals surface area contributed by atoms with Crippen LogP contribution in [0.15, 0.2) is 30.6 Å². The van der Waals surface area contributed by atoms with Crippen LogP contribution in [-0.2, 0) is 0 Å². The molecular formula is C17H18N4O3. The summed E-state index contributed by atoms with van der Waals surface area (Å²) in [7, 11) is 0. The maximum atomic E-state index is 11.6. The predicted octanol–water partition coefficient (Wildman–Crippen LogP) is 2.83. The fourth-order valence-electron chi connectivity index (χ4n) is 2.91. The maximum Gasteiger partial charge on any atom is 0.295 e. The third kappa shape index (κ3) is 2.81. The molecule has 3 rings (SSSR count). The molecule has 3 aromatic rings. The first kappa shape index (κ1) is 15.9. The predicted molar refractivity (Wildman–Crippen MR) is 88.1 cm³/mol. The van der Waals surface area contributed by atoms with E-state index in [0.29, 0.717) is 16.7 Å². The van der Waals surface area contributed by atoms with Gasteiger partial charge < -0.3 is 4.74 Å². The zero-order valence-corrected chi connectivity index (χ0v) is 13.6. The van der Waals surface area contributed by atoms with Gasteiger partial charge >= 0.3 is 0 Å². The summed E-state index contributed by atoms with van der Waals surface area (Å²) in [5.41, 5.74) is 5.60. The Balaban J connectivity index is 1.94. The minimum Gasteiger partial charge on any atom is -0.486 e. The summed E-state index contributed by atoms with van der Waals surface area (Å²) < 4.78 is 6.04. The highest BCUT2D eigenvalue weighted by Crippen LogP contribution is 2.29. The lowest BCUT2D eigenvalue weighted by molar-refractivity contribution is 0.0702. The van der Waals surface area contributed by atoms with Crippen molar-refractivity contribution in [3.05, 3.63) is 53.0 Å². The molecule has 0 saturated heterocycles. The molecule has 0 aliphatic heterocycles. The van der Waals surface area contributed by atoms with Gasteiger partial charge in [-0.1, -0.05) is 0 Å². The number of pyridine rings is 1. The van der Waals surface area contributed by atoms with Gasteiger partial charge in [-0.2, -0.15) is 5.10 Å². The first-order valence-electron chi connectivity index (χ1n) is 7.51. The Morgan fingerprint density at radius 1 is 1.29 bits per heavy atom. The fourth-order valence-corrected chi connectivity index (χ4v) is 2.91. The van der Waals surface area contributed by atoms with Crippen molar-refractivity contribution in [2.75, 3.05) is 0 Å². The van der Waals surface area contributed by atoms with E-state index in [-0.39, 0.29) is 11.8 Å². The molecule has 7 nitrogen and oxygen atoms in total. The van der Waals surface area contributed by atoms with Gasteiger partial charge in [0.1, 0.15) is 11.9 Å². The van der Waals surface area contributed by atoms with Gasteiger partial charge in [0.2, 0.25) is 0 Å². The Labute approximate surface area is 138 Å². The highest BCUT2D eigenvalue weighted by Gasteiger charge is 2.17. The number of H-pyrrole nitrogens is 1. The van der Waals surface area contributed by atoms with E-state index < -0.39 is 5.91 Å². The van der Waals surface area contributed by atoms with E-state index in [1.807, 2.05) is 39.2 Å². The summed E-state index contributed by atoms with van der Waals surface area (Å²) >= 11 is 0. The van der Waals surface area contributed by atoms with Crippen LogP contribution >= 0.6 is 0 Å². The number of hydroxylamine groups is 1. The Bertz CT molecular complexity index is 884. The van der Waals surface area contributed by atoms with Crippen LogP contribution in [0.3, 0.4) is 0 Å². The molecule has 2 heterocycles. The molecule has 1 atom stereocenters. The highest BCUT2D eigenvalue weighted by molar-refractivity contribution is 6.04. The van der Waals surface area contributed by atoms with Gasteiger partial charge in [-0.25, -0.2) is 5.48 Å². The Morgan fingerprint density at radius 2 is 2.00 bits per heavy atom. The number of hydrogen-bond acceptors (Lipinski definition) is 5. The van der Waals surface area contributed by atoms with E-state index in [0.717, 1.165) is 16.7 Å². The average molecular weight is 326 g/mol. The second-order valence-corrected chi connectivity index (χ2v) is 5.67. The maximum absolute atomic E-state index is 11.6. The fraction of sp³-hybridized carbons (Fsp3) is 0.235. The topological polar surface area (TPSA) is 100 Å². The van der Waals surface area contributed by atoms with E-state index in [2.05, 4.69) is 15.2 Å². The molecule has 3 N–H and O–H groups in total. The Morgan fingerprint density at radius 3 is 2.67 bits per heavy atom. The van der Waals surface area contributed by atoms with Crippen molar-refractivity contribution in [3.63, 3.8) is 0 Å². The molecule has 1 amide bonds. The SMILES string of the molecule is Cc1cncc(C)c1C(C)Oc1ccc2[nH]nc(C(=O)NO)c2c1. The molecule has 0 saturated carbocycles. The number of hydrogen-bond donors (Lipinski definition) is 3. The summed E-state index contributed by atoms with van der Waals surface area (Å²) in [5, 5.41) is 16.0. The number of carbonyl (C=O) groups is 1. The van der Waals surface area contributed by atoms with Crippen molar-refractivity contribution in [1.82, 2.24) is 20.7 Å². The molecule has 1 aromatic carbocycles. The largest absolute Gasteiger partial charge is 0.486 e. The van der Waals surface area contributed by atoms with Crippen LogP contribution in [0.25, 0.3) is 10.9 Å². The second-order valence-electron chi connectivity index (χ2n) is 5.67. The molecule has 0 aliphatic carbocycles. The summed E-state index contributed by atoms with van der Waals surface area (Å²) in [6.07, 6.45) is 3.45. The van der Waals surface area contributed by atoms with Crippen molar-refractivity contribution in [2.24, 2.45) is 0 Å². The lowest BCUT2D eigenvalue weighted by Gasteiger charge is -2.19. The number of ether oxygens (including phenoxy) is 1. The summed E-state index contributed by atoms with van der Waals surface area (Å²) in [6, 6.07) is 5.32. The number of nitrogens with zero attached hydrogens (tertiary/aromatic N) is 2. The third-order valence-electron chi connectivity index (χ3n) is 3.96. The van der Waals surface area contributed by atoms with E-state index in [4.69, 9.17) is 9.94 Å². The Hall–Kier alpha value is -2.93. The third-order valence-corrected chi connectivity index (χ3v) is 3.96. The molecular weight excluding hydrogens is 308 g/mol. The van der Waals surface area contributed by atoms with Gasteiger partial charge in [0.15, 0.2) is 5.69 Å². The lowest BCUT2D eigenvalue weighted by atomic mass is 10.0. The minimum absolute atomic E-state index is 0.113. The zero-order valence-electron chi connectivity index (χ0n) is 13.6. The van der Waals surface area contributed by atoms with E-state index in [9.17, 15) is 4.79 Å². The van der Waals surface area contributed by atoms with E-state index >= 15 is 0 Å². The first-order valence-corrected chi connectivity index (χ1v) is 7.51. The molecule has 2 aromatic heterocycles. The molecule has 0 bridgehead atoms. The molecule has 0 fully saturated rings. The van der Waals surface area contributed by atoms with Gasteiger partial charge in [-0.05, 0) is 50.1 Å². The molecule has 0 radical (unpaired) electrons. The number of fused-ring (bicyclic) bond motifs is 1. The number of aryl methyl sites for hydroxylation is 2. The lowest BCUT2D eigenvalue weighted by Crippen LogP contribution is -2.19. The molecule has 24 heavy (non-hydrogen) atoms. The second kappa shape index (κ2) is 6.29. The van der Waals surface area contributed by atoms with Crippen molar-refractivity contribution in [3.8, 4) is 5.75 Å². The minimum atomic E-state index is -0.674. The van der Waals surface area contributed by atoms with Gasteiger partial charge in [-0.15, -0.1) is 0 Å². The van der Waals surface area contributed by atoms with Crippen LogP contribution in [0.4, 0.5) is 0 Å². The molecule has 7 heteroatoms. The normalized spacial score (nSPS) is 12.2. The zero-order chi connectivity index (χ0) is 17.3. The van der Waals surface area contributed by atoms with Crippen molar-refractivity contribution in [2.45, 2.75) is 26.9 Å². The monoisotopic (exact) mass is 326 g/mol. The number of aromatic nitrogens is 3. The standard InChI is InChI=1S/C17H18N4O3/c1-9-7-18-8-10(2)15(9)11(3)24-12-4-5-14-13(6-12)16(20-19-14)17(22)21-23/h4-8,11,23H,1-3H3,(H,19,20)(H,21,22). The average Bonchev–Trinajstić information content (AvgIpc) is 2.97. The smallest absolute Gasteiger partial charge is 0.295 e. The van der Waals surface area contributed by atoms with Crippen molar-refractivity contribution < 1.29 is 14.7 Å². The molecule has 0 aliphatic rings. The van der Waals surface area contributed by atoms with Crippen molar-refractivity contribution >= 4 is 16.8 Å². The van der Waals surface area contributed by atoms with E-state index in [1.54, 1.807) is 17.6 Å². The van der Waals surface area contributed by atoms with Crippen LogP contribution in [0.5, 0.6) is 5.75 Å². The van der Waals surface area contributed by atoms with Gasteiger partial charge in [-0.3, -0.25) is 20.1 Å². The first-order chi connectivity index (χ1) is 11.5. The summed E-state index contributed by atoms with van der Waals surface area (Å²) in [6.45, 7) is 5.96. The van der Waals surface area contributed by atoms with Crippen LogP contribution in [0.1, 0.15) is 40.2 Å².